The molecule has 7 aliphatic heterocycles. The average Bonchev–Trinajstić information content (AvgIpc) is 0.768. The number of aromatic nitrogens is 4. The number of morpholine rings is 3. The molecule has 3 saturated heterocycles. The van der Waals surface area contributed by atoms with E-state index in [4.69, 9.17) is 100 Å². The number of hydrogen-bond donors (Lipinski definition) is 5. The fourth-order valence-corrected chi connectivity index (χ4v) is 18.2. The first-order valence-electron chi connectivity index (χ1n) is 45.7. The number of carbonyl (C=O) groups excluding carboxylic acids is 6. The Kier molecular flexibility index (Phi) is 37.7. The summed E-state index contributed by atoms with van der Waals surface area (Å²) >= 11 is 28.2. The van der Waals surface area contributed by atoms with Gasteiger partial charge in [-0.1, -0.05) is 200 Å². The summed E-state index contributed by atoms with van der Waals surface area (Å²) in [5, 5.41) is 24.0. The van der Waals surface area contributed by atoms with Crippen LogP contribution in [-0.4, -0.2) is 239 Å². The molecule has 0 radical (unpaired) electrons. The third-order valence-electron chi connectivity index (χ3n) is 24.2. The number of nitrogens with one attached hydrogen (secondary N) is 3. The molecular weight excluding hydrogens is 1980 g/mol. The summed E-state index contributed by atoms with van der Waals surface area (Å²) in [6.07, 6.45) is 3.20. The van der Waals surface area contributed by atoms with Gasteiger partial charge in [0.15, 0.2) is 0 Å². The van der Waals surface area contributed by atoms with Crippen LogP contribution in [0, 0.1) is 0 Å². The van der Waals surface area contributed by atoms with Crippen LogP contribution in [0.25, 0.3) is 43.6 Å². The maximum absolute atomic E-state index is 13.7. The minimum atomic E-state index is -0.869. The molecule has 0 aliphatic carbocycles. The number of carbonyl (C=O) groups is 7. The van der Waals surface area contributed by atoms with E-state index in [2.05, 4.69) is 94.0 Å². The van der Waals surface area contributed by atoms with E-state index in [1.54, 1.807) is 68.8 Å². The topological polar surface area (TPSA) is 328 Å². The maximum Gasteiger partial charge on any atom is 0.336 e. The Hall–Kier alpha value is -11.9. The van der Waals surface area contributed by atoms with Gasteiger partial charge in [-0.3, -0.25) is 63.4 Å². The molecule has 11 heterocycles. The number of anilines is 3. The number of halogens is 6. The van der Waals surface area contributed by atoms with Gasteiger partial charge >= 0.3 is 5.97 Å². The lowest BCUT2D eigenvalue weighted by molar-refractivity contribution is -0.117. The third-order valence-corrected chi connectivity index (χ3v) is 26.4. The smallest absolute Gasteiger partial charge is 0.336 e. The molecule has 9 aromatic carbocycles. The summed E-state index contributed by atoms with van der Waals surface area (Å²) in [4.78, 5) is 117. The summed E-state index contributed by atoms with van der Waals surface area (Å²) in [5.74, 6) is 0.819. The highest BCUT2D eigenvalue weighted by atomic mass is 79.9. The molecule has 0 atom stereocenters. The van der Waals surface area contributed by atoms with Crippen LogP contribution in [0.2, 0.25) is 15.1 Å². The van der Waals surface area contributed by atoms with E-state index in [1.165, 1.54) is 18.2 Å². The number of rotatable bonds is 17. The van der Waals surface area contributed by atoms with Crippen molar-refractivity contribution in [2.75, 3.05) is 160 Å². The zero-order valence-electron chi connectivity index (χ0n) is 77.3. The Labute approximate surface area is 843 Å². The van der Waals surface area contributed by atoms with Crippen LogP contribution in [0.4, 0.5) is 17.1 Å². The molecule has 28 nitrogen and oxygen atoms in total. The van der Waals surface area contributed by atoms with Crippen molar-refractivity contribution >= 4 is 180 Å². The normalized spacial score (nSPS) is 15.0. The van der Waals surface area contributed by atoms with Crippen LogP contribution < -0.4 is 35.9 Å². The number of pyridine rings is 4. The molecule has 0 saturated carbocycles. The average molecular weight is 2090 g/mol. The molecule has 0 bridgehead atoms. The number of nitrogens with two attached hydrogens (primary N) is 1. The standard InChI is InChI=1S/C26H27ClN4O4.C24H25N3O2.C20H18N2O2.C17H19N3O2.C9H9BrClNO2.C7H8ClNO.C2H2BrClO/c1-34-23-7-6-17(27)14-22(23)29-24(32)16-30-9-8-21-19(15-30)25(18-4-2-3-5-20(18)28-21)26(33)31-10-12-35-13-11-31;28-24(27-12-14-29-15-13-27)23-19-8-4-5-9-21(19)25-22-10-11-26(17-20(22)23)16-18-6-2-1-3-7-18;23-20(24)19-15-8-4-5-9-17(15)21-18-10-11-22(13-16(18)19)12-14-6-2-1-3-7-14;21-17(20-7-9-22-10-8-20)16-12-3-1-2-4-14(12)19-15-5-6-18-11-13(15)16;1-14-8-3-2-6(11)4-7(8)12-9(13)5-10;1-10-7-3-2-5(8)4-6(7)9;3-1-2(4)5/h2-7,14H,8-13,15-16H2,1H3,(H,29,32);1-9H,10-17H2;1-9H,10-13H2,(H,23,24);1-4,18H,5-11H2;2-4H,5H2,1H3,(H,12,13);2-4H,9H2,1H3;1H2. The Bertz CT molecular complexity index is 6540. The van der Waals surface area contributed by atoms with Crippen molar-refractivity contribution in [2.24, 2.45) is 0 Å². The fraction of sp³-hybridized carbons (Fsp3) is 0.305. The Balaban J connectivity index is 0.000000136. The van der Waals surface area contributed by atoms with Crippen molar-refractivity contribution in [3.63, 3.8) is 0 Å². The number of nitrogens with zero attached hydrogens (tertiary/aromatic N) is 10. The first-order valence-corrected chi connectivity index (χ1v) is 49.4. The van der Waals surface area contributed by atoms with E-state index >= 15 is 0 Å². The highest BCUT2D eigenvalue weighted by Gasteiger charge is 2.34. The van der Waals surface area contributed by atoms with Gasteiger partial charge in [-0.2, -0.15) is 0 Å². The molecule has 13 aromatic rings. The molecule has 6 N–H and O–H groups in total. The van der Waals surface area contributed by atoms with E-state index in [1.807, 2.05) is 141 Å². The van der Waals surface area contributed by atoms with Crippen molar-refractivity contribution in [1.82, 2.24) is 54.7 Å². The molecule has 724 valence electrons. The van der Waals surface area contributed by atoms with Gasteiger partial charge in [0.1, 0.15) is 17.2 Å². The van der Waals surface area contributed by atoms with Gasteiger partial charge < -0.3 is 69.9 Å². The molecule has 34 heteroatoms. The number of nitrogen functional groups attached to an aromatic ring is 1. The van der Waals surface area contributed by atoms with E-state index in [-0.39, 0.29) is 52.0 Å². The first-order chi connectivity index (χ1) is 67.6. The van der Waals surface area contributed by atoms with Crippen molar-refractivity contribution in [1.29, 1.82) is 0 Å². The second-order valence-corrected chi connectivity index (χ2v) is 36.2. The second kappa shape index (κ2) is 50.8. The zero-order valence-corrected chi connectivity index (χ0v) is 83.5. The van der Waals surface area contributed by atoms with Crippen molar-refractivity contribution < 1.29 is 67.1 Å². The number of alkyl halides is 2. The summed E-state index contributed by atoms with van der Waals surface area (Å²) in [6.45, 7) is 15.2. The number of carboxylic acids is 1. The quantitative estimate of drug-likeness (QED) is 0.0321. The molecule has 3 fully saturated rings. The lowest BCUT2D eigenvalue weighted by atomic mass is 9.94. The number of aromatic carboxylic acids is 1. The fourth-order valence-electron chi connectivity index (χ4n) is 17.5. The van der Waals surface area contributed by atoms with Crippen LogP contribution in [0.5, 0.6) is 17.2 Å². The van der Waals surface area contributed by atoms with Crippen LogP contribution in [-0.2, 0) is 93.5 Å². The molecule has 0 spiro atoms. The summed E-state index contributed by atoms with van der Waals surface area (Å²) in [5.41, 5.74) is 23.8. The van der Waals surface area contributed by atoms with Crippen molar-refractivity contribution in [3.05, 3.63) is 306 Å². The van der Waals surface area contributed by atoms with Crippen LogP contribution in [0.1, 0.15) is 97.6 Å². The minimum absolute atomic E-state index is 0.00175. The van der Waals surface area contributed by atoms with Gasteiger partial charge in [-0.25, -0.2) is 4.79 Å². The van der Waals surface area contributed by atoms with E-state index in [0.717, 1.165) is 165 Å². The predicted molar refractivity (Wildman–Crippen MR) is 551 cm³/mol. The van der Waals surface area contributed by atoms with Crippen molar-refractivity contribution in [2.45, 2.75) is 65.0 Å². The highest BCUT2D eigenvalue weighted by Crippen LogP contribution is 2.37. The number of fused-ring (bicyclic) bond motifs is 8. The number of amides is 5. The maximum atomic E-state index is 13.7. The Morgan fingerprint density at radius 3 is 1.12 bits per heavy atom. The van der Waals surface area contributed by atoms with Gasteiger partial charge in [0, 0.05) is 212 Å². The predicted octanol–water partition coefficient (Wildman–Crippen LogP) is 17.2. The second-order valence-electron chi connectivity index (χ2n) is 33.3. The third kappa shape index (κ3) is 27.2. The van der Waals surface area contributed by atoms with Crippen molar-refractivity contribution in [3.8, 4) is 17.2 Å². The largest absolute Gasteiger partial charge is 0.495 e. The molecule has 7 aliphatic rings. The lowest BCUT2D eigenvalue weighted by Crippen LogP contribution is -2.42. The van der Waals surface area contributed by atoms with Gasteiger partial charge in [-0.05, 0) is 102 Å². The molecular formula is C105H108Br2Cl4N14O14. The molecule has 139 heavy (non-hydrogen) atoms. The zero-order chi connectivity index (χ0) is 97.9. The molecule has 4 aromatic heterocycles. The number of benzene rings is 9. The van der Waals surface area contributed by atoms with E-state index < -0.39 is 5.97 Å². The Morgan fingerprint density at radius 2 is 0.741 bits per heavy atom. The first kappa shape index (κ1) is 103. The number of methoxy groups -OCH3 is 3. The number of ether oxygens (including phenoxy) is 6. The van der Waals surface area contributed by atoms with Crippen LogP contribution in [0.3, 0.4) is 0 Å². The van der Waals surface area contributed by atoms with E-state index in [0.29, 0.717) is 165 Å². The highest BCUT2D eigenvalue weighted by molar-refractivity contribution is 9.09. The molecule has 5 amide bonds. The van der Waals surface area contributed by atoms with E-state index in [9.17, 15) is 38.7 Å². The van der Waals surface area contributed by atoms with Crippen LogP contribution in [0.15, 0.2) is 212 Å². The SMILES string of the molecule is COc1ccc(Cl)cc1N.COc1ccc(Cl)cc1NC(=O)CBr.COc1ccc(Cl)cc1NC(=O)CN1CCc2nc3ccccc3c(C(=O)N3CCOCC3)c2C1.O=C(Cl)CBr.O=C(O)c1c2c(nc3ccccc13)CCN(Cc1ccccc1)C2.O=C(c1c2c(nc3ccccc13)CCN(Cc1ccccc1)C2)N1CCOCC1.O=C(c1c2c(nc3ccccc13)CCNC2)N1CCOCC1. The number of carboxylic acid groups (broad SMARTS) is 1. The van der Waals surface area contributed by atoms with Crippen LogP contribution >= 0.6 is 78.3 Å². The summed E-state index contributed by atoms with van der Waals surface area (Å²) in [7, 11) is 4.65. The minimum Gasteiger partial charge on any atom is -0.495 e. The monoisotopic (exact) mass is 2090 g/mol. The number of para-hydroxylation sites is 4. The lowest BCUT2D eigenvalue weighted by Gasteiger charge is -2.32. The molecule has 20 rings (SSSR count). The Morgan fingerprint density at radius 1 is 0.410 bits per heavy atom. The summed E-state index contributed by atoms with van der Waals surface area (Å²) in [6, 6.07) is 67.3. The summed E-state index contributed by atoms with van der Waals surface area (Å²) < 4.78 is 31.6. The van der Waals surface area contributed by atoms with Gasteiger partial charge in [0.25, 0.3) is 17.7 Å². The number of hydrogen-bond acceptors (Lipinski definition) is 22. The molecule has 0 unspecified atom stereocenters. The van der Waals surface area contributed by atoms with Gasteiger partial charge in [0.2, 0.25) is 17.1 Å². The van der Waals surface area contributed by atoms with Gasteiger partial charge in [-0.15, -0.1) is 0 Å². The van der Waals surface area contributed by atoms with Gasteiger partial charge in [0.05, 0.1) is 140 Å².